The van der Waals surface area contributed by atoms with E-state index in [2.05, 4.69) is 34.1 Å². The van der Waals surface area contributed by atoms with Crippen molar-refractivity contribution < 1.29 is 4.74 Å². The molecule has 0 aliphatic heterocycles. The zero-order valence-corrected chi connectivity index (χ0v) is 12.3. The second-order valence-electron chi connectivity index (χ2n) is 4.76. The van der Waals surface area contributed by atoms with Gasteiger partial charge in [-0.1, -0.05) is 25.4 Å². The van der Waals surface area contributed by atoms with Gasteiger partial charge in [0.2, 0.25) is 11.8 Å². The smallest absolute Gasteiger partial charge is 0.232 e. The molecule has 0 aliphatic carbocycles. The molecular weight excluding hydrogens is 276 g/mol. The predicted octanol–water partition coefficient (Wildman–Crippen LogP) is 3.17. The first kappa shape index (κ1) is 14.5. The zero-order chi connectivity index (χ0) is 14.4. The predicted molar refractivity (Wildman–Crippen MR) is 78.9 cm³/mol. The standard InChI is InChI=1S/C14H17ClN4O/c1-10(2)9-20-13-12(15)6-11(7-18-13)8-19-14-16-4-3-5-17-14/h3-7,10H,8-9H2,1-2H3,(H,16,17,19). The summed E-state index contributed by atoms with van der Waals surface area (Å²) in [4.78, 5) is 12.4. The summed E-state index contributed by atoms with van der Waals surface area (Å²) in [6.45, 7) is 5.31. The number of nitrogens with one attached hydrogen (secondary N) is 1. The number of pyridine rings is 1. The first-order valence-corrected chi connectivity index (χ1v) is 6.81. The maximum absolute atomic E-state index is 6.15. The molecule has 20 heavy (non-hydrogen) atoms. The number of rotatable bonds is 6. The van der Waals surface area contributed by atoms with Gasteiger partial charge in [-0.25, -0.2) is 15.0 Å². The van der Waals surface area contributed by atoms with Gasteiger partial charge < -0.3 is 10.1 Å². The summed E-state index contributed by atoms with van der Waals surface area (Å²) in [6.07, 6.45) is 5.10. The minimum atomic E-state index is 0.435. The van der Waals surface area contributed by atoms with Crippen molar-refractivity contribution >= 4 is 17.5 Å². The van der Waals surface area contributed by atoms with Gasteiger partial charge in [0.05, 0.1) is 6.61 Å². The van der Waals surface area contributed by atoms with Gasteiger partial charge >= 0.3 is 0 Å². The van der Waals surface area contributed by atoms with Crippen molar-refractivity contribution in [1.29, 1.82) is 0 Å². The number of ether oxygens (including phenoxy) is 1. The van der Waals surface area contributed by atoms with E-state index in [-0.39, 0.29) is 0 Å². The van der Waals surface area contributed by atoms with Crippen molar-refractivity contribution in [3.05, 3.63) is 41.3 Å². The molecule has 0 fully saturated rings. The summed E-state index contributed by atoms with van der Waals surface area (Å²) >= 11 is 6.15. The van der Waals surface area contributed by atoms with Crippen LogP contribution in [0.4, 0.5) is 5.95 Å². The maximum Gasteiger partial charge on any atom is 0.232 e. The minimum absolute atomic E-state index is 0.435. The highest BCUT2D eigenvalue weighted by Crippen LogP contribution is 2.23. The van der Waals surface area contributed by atoms with Crippen molar-refractivity contribution in [3.63, 3.8) is 0 Å². The average molecular weight is 293 g/mol. The van der Waals surface area contributed by atoms with Crippen molar-refractivity contribution in [3.8, 4) is 5.88 Å². The summed E-state index contributed by atoms with van der Waals surface area (Å²) < 4.78 is 5.53. The van der Waals surface area contributed by atoms with E-state index < -0.39 is 0 Å². The molecule has 0 aliphatic rings. The molecule has 0 spiro atoms. The van der Waals surface area contributed by atoms with Crippen LogP contribution < -0.4 is 10.1 Å². The van der Waals surface area contributed by atoms with E-state index in [0.29, 0.717) is 35.9 Å². The Kier molecular flexibility index (Phi) is 5.12. The highest BCUT2D eigenvalue weighted by Gasteiger charge is 2.06. The molecule has 0 atom stereocenters. The fourth-order valence-corrected chi connectivity index (χ4v) is 1.73. The van der Waals surface area contributed by atoms with Gasteiger partial charge in [0.1, 0.15) is 5.02 Å². The number of nitrogens with zero attached hydrogens (tertiary/aromatic N) is 3. The number of halogens is 1. The number of hydrogen-bond donors (Lipinski definition) is 1. The Morgan fingerprint density at radius 1 is 1.25 bits per heavy atom. The molecule has 0 radical (unpaired) electrons. The number of anilines is 1. The summed E-state index contributed by atoms with van der Waals surface area (Å²) in [5.41, 5.74) is 0.944. The Morgan fingerprint density at radius 3 is 2.65 bits per heavy atom. The summed E-state index contributed by atoms with van der Waals surface area (Å²) in [5, 5.41) is 3.61. The minimum Gasteiger partial charge on any atom is -0.476 e. The molecule has 0 amide bonds. The fourth-order valence-electron chi connectivity index (χ4n) is 1.48. The highest BCUT2D eigenvalue weighted by molar-refractivity contribution is 6.31. The highest BCUT2D eigenvalue weighted by atomic mass is 35.5. The van der Waals surface area contributed by atoms with Gasteiger partial charge in [-0.05, 0) is 23.6 Å². The van der Waals surface area contributed by atoms with Crippen molar-refractivity contribution in [2.75, 3.05) is 11.9 Å². The Labute approximate surface area is 123 Å². The number of hydrogen-bond acceptors (Lipinski definition) is 5. The molecule has 2 rings (SSSR count). The van der Waals surface area contributed by atoms with Gasteiger partial charge in [-0.2, -0.15) is 0 Å². The Morgan fingerprint density at radius 2 is 2.00 bits per heavy atom. The van der Waals surface area contributed by atoms with E-state index >= 15 is 0 Å². The molecule has 1 N–H and O–H groups in total. The zero-order valence-electron chi connectivity index (χ0n) is 11.5. The van der Waals surface area contributed by atoms with Gasteiger partial charge in [-0.3, -0.25) is 0 Å². The monoisotopic (exact) mass is 292 g/mol. The molecule has 0 unspecified atom stereocenters. The van der Waals surface area contributed by atoms with E-state index in [1.807, 2.05) is 6.07 Å². The van der Waals surface area contributed by atoms with Crippen LogP contribution in [-0.2, 0) is 6.54 Å². The molecule has 0 bridgehead atoms. The van der Waals surface area contributed by atoms with Crippen LogP contribution in [0.1, 0.15) is 19.4 Å². The van der Waals surface area contributed by atoms with Crippen LogP contribution in [0.2, 0.25) is 5.02 Å². The Balaban J connectivity index is 1.95. The third-order valence-corrected chi connectivity index (χ3v) is 2.70. The molecule has 106 valence electrons. The molecule has 0 saturated heterocycles. The van der Waals surface area contributed by atoms with Crippen LogP contribution in [0.3, 0.4) is 0 Å². The lowest BCUT2D eigenvalue weighted by atomic mass is 10.2. The molecule has 0 aromatic carbocycles. The quantitative estimate of drug-likeness (QED) is 0.886. The molecular formula is C14H17ClN4O. The average Bonchev–Trinajstić information content (AvgIpc) is 2.45. The summed E-state index contributed by atoms with van der Waals surface area (Å²) in [6, 6.07) is 3.60. The van der Waals surface area contributed by atoms with E-state index in [0.717, 1.165) is 5.56 Å². The van der Waals surface area contributed by atoms with Crippen LogP contribution in [0.5, 0.6) is 5.88 Å². The van der Waals surface area contributed by atoms with E-state index in [1.54, 1.807) is 24.7 Å². The first-order chi connectivity index (χ1) is 9.65. The Bertz CT molecular complexity index is 548. The molecule has 2 aromatic rings. The molecule has 2 heterocycles. The third-order valence-electron chi connectivity index (χ3n) is 2.43. The summed E-state index contributed by atoms with van der Waals surface area (Å²) in [5.74, 6) is 1.48. The van der Waals surface area contributed by atoms with Gasteiger partial charge in [-0.15, -0.1) is 0 Å². The van der Waals surface area contributed by atoms with E-state index in [9.17, 15) is 0 Å². The summed E-state index contributed by atoms with van der Waals surface area (Å²) in [7, 11) is 0. The van der Waals surface area contributed by atoms with Crippen LogP contribution >= 0.6 is 11.6 Å². The van der Waals surface area contributed by atoms with Gasteiger partial charge in [0.15, 0.2) is 0 Å². The van der Waals surface area contributed by atoms with Crippen LogP contribution in [0.15, 0.2) is 30.7 Å². The van der Waals surface area contributed by atoms with Crippen LogP contribution in [-0.4, -0.2) is 21.6 Å². The van der Waals surface area contributed by atoms with Gasteiger partial charge in [0, 0.05) is 25.1 Å². The molecule has 0 saturated carbocycles. The van der Waals surface area contributed by atoms with E-state index in [1.165, 1.54) is 0 Å². The second-order valence-corrected chi connectivity index (χ2v) is 5.17. The van der Waals surface area contributed by atoms with Crippen LogP contribution in [0.25, 0.3) is 0 Å². The van der Waals surface area contributed by atoms with Crippen molar-refractivity contribution in [2.24, 2.45) is 5.92 Å². The van der Waals surface area contributed by atoms with E-state index in [4.69, 9.17) is 16.3 Å². The molecule has 6 heteroatoms. The lowest BCUT2D eigenvalue weighted by Crippen LogP contribution is -2.07. The molecule has 2 aromatic heterocycles. The largest absolute Gasteiger partial charge is 0.476 e. The fraction of sp³-hybridized carbons (Fsp3) is 0.357. The van der Waals surface area contributed by atoms with Crippen molar-refractivity contribution in [1.82, 2.24) is 15.0 Å². The topological polar surface area (TPSA) is 59.9 Å². The number of aromatic nitrogens is 3. The SMILES string of the molecule is CC(C)COc1ncc(CNc2ncccn2)cc1Cl. The maximum atomic E-state index is 6.15. The lowest BCUT2D eigenvalue weighted by Gasteiger charge is -2.10. The third kappa shape index (κ3) is 4.35. The first-order valence-electron chi connectivity index (χ1n) is 6.43. The van der Waals surface area contributed by atoms with Crippen molar-refractivity contribution in [2.45, 2.75) is 20.4 Å². The lowest BCUT2D eigenvalue weighted by molar-refractivity contribution is 0.261. The molecule has 5 nitrogen and oxygen atoms in total. The van der Waals surface area contributed by atoms with Gasteiger partial charge in [0.25, 0.3) is 0 Å². The second kappa shape index (κ2) is 7.05. The van der Waals surface area contributed by atoms with Crippen LogP contribution in [0, 0.1) is 5.92 Å². The normalized spacial score (nSPS) is 10.6. The Hall–Kier alpha value is -1.88.